The number of anilines is 1. The number of ether oxygens (including phenoxy) is 2. The highest BCUT2D eigenvalue weighted by molar-refractivity contribution is 5.89. The molecule has 0 unspecified atom stereocenters. The number of rotatable bonds is 6. The summed E-state index contributed by atoms with van der Waals surface area (Å²) in [5.74, 6) is -0.452. The minimum absolute atomic E-state index is 0.0443. The Balaban J connectivity index is 1.57. The maximum absolute atomic E-state index is 12.1. The highest BCUT2D eigenvalue weighted by Gasteiger charge is 2.23. The molecule has 0 spiro atoms. The Morgan fingerprint density at radius 2 is 2.11 bits per heavy atom. The lowest BCUT2D eigenvalue weighted by Gasteiger charge is -2.20. The molecule has 27 heavy (non-hydrogen) atoms. The standard InChI is InChI=1S/C19H24N4O4/c1-3-26-18(24)16-10-11-23(22-16)15-8-6-14(7-9-15)21-19(25)20-13(2)17-5-4-12-27-17/h6-11,13,17H,3-5,12H2,1-2H3,(H2,20,21,25)/t13-,17+/m1/s1. The normalized spacial score (nSPS) is 17.3. The summed E-state index contributed by atoms with van der Waals surface area (Å²) in [5, 5.41) is 9.91. The fourth-order valence-electron chi connectivity index (χ4n) is 2.94. The summed E-state index contributed by atoms with van der Waals surface area (Å²) in [7, 11) is 0. The van der Waals surface area contributed by atoms with Crippen LogP contribution in [0.15, 0.2) is 36.5 Å². The maximum atomic E-state index is 12.1. The first-order valence-corrected chi connectivity index (χ1v) is 9.09. The van der Waals surface area contributed by atoms with E-state index in [1.54, 1.807) is 48.1 Å². The third-order valence-corrected chi connectivity index (χ3v) is 4.34. The van der Waals surface area contributed by atoms with Crippen LogP contribution in [0.3, 0.4) is 0 Å². The van der Waals surface area contributed by atoms with Crippen molar-refractivity contribution in [2.75, 3.05) is 18.5 Å². The molecule has 1 aliphatic heterocycles. The lowest BCUT2D eigenvalue weighted by Crippen LogP contribution is -2.42. The van der Waals surface area contributed by atoms with E-state index in [4.69, 9.17) is 9.47 Å². The van der Waals surface area contributed by atoms with Crippen molar-refractivity contribution >= 4 is 17.7 Å². The Bertz CT molecular complexity index is 781. The van der Waals surface area contributed by atoms with Gasteiger partial charge in [0.15, 0.2) is 5.69 Å². The Morgan fingerprint density at radius 3 is 2.78 bits per heavy atom. The first-order valence-electron chi connectivity index (χ1n) is 9.09. The van der Waals surface area contributed by atoms with Gasteiger partial charge in [-0.15, -0.1) is 0 Å². The lowest BCUT2D eigenvalue weighted by molar-refractivity contribution is 0.0519. The molecule has 2 heterocycles. The minimum Gasteiger partial charge on any atom is -0.461 e. The second-order valence-electron chi connectivity index (χ2n) is 6.35. The molecule has 0 radical (unpaired) electrons. The summed E-state index contributed by atoms with van der Waals surface area (Å²) in [6.45, 7) is 4.75. The largest absolute Gasteiger partial charge is 0.461 e. The predicted molar refractivity (Wildman–Crippen MR) is 100 cm³/mol. The van der Waals surface area contributed by atoms with E-state index in [2.05, 4.69) is 15.7 Å². The van der Waals surface area contributed by atoms with Crippen molar-refractivity contribution in [2.45, 2.75) is 38.8 Å². The van der Waals surface area contributed by atoms with Gasteiger partial charge in [0.2, 0.25) is 0 Å². The average Bonchev–Trinajstić information content (AvgIpc) is 3.35. The Hall–Kier alpha value is -2.87. The molecule has 1 aliphatic rings. The van der Waals surface area contributed by atoms with Gasteiger partial charge in [-0.1, -0.05) is 0 Å². The van der Waals surface area contributed by atoms with Gasteiger partial charge in [0, 0.05) is 18.5 Å². The van der Waals surface area contributed by atoms with Crippen LogP contribution in [0.2, 0.25) is 0 Å². The van der Waals surface area contributed by atoms with E-state index >= 15 is 0 Å². The van der Waals surface area contributed by atoms with Crippen LogP contribution in [0.25, 0.3) is 5.69 Å². The van der Waals surface area contributed by atoms with E-state index in [-0.39, 0.29) is 23.9 Å². The molecule has 2 atom stereocenters. The summed E-state index contributed by atoms with van der Waals surface area (Å²) in [4.78, 5) is 23.8. The number of esters is 1. The fourth-order valence-corrected chi connectivity index (χ4v) is 2.94. The third kappa shape index (κ3) is 4.85. The number of benzene rings is 1. The van der Waals surface area contributed by atoms with Gasteiger partial charge in [0.25, 0.3) is 0 Å². The molecule has 0 bridgehead atoms. The first-order chi connectivity index (χ1) is 13.1. The van der Waals surface area contributed by atoms with Crippen molar-refractivity contribution in [1.29, 1.82) is 0 Å². The molecule has 1 aromatic heterocycles. The molecule has 144 valence electrons. The van der Waals surface area contributed by atoms with Gasteiger partial charge in [0.05, 0.1) is 24.4 Å². The molecular formula is C19H24N4O4. The highest BCUT2D eigenvalue weighted by atomic mass is 16.5. The van der Waals surface area contributed by atoms with Gasteiger partial charge in [-0.25, -0.2) is 14.3 Å². The topological polar surface area (TPSA) is 94.5 Å². The number of hydrogen-bond acceptors (Lipinski definition) is 5. The van der Waals surface area contributed by atoms with Crippen LogP contribution in [-0.4, -0.2) is 47.1 Å². The summed E-state index contributed by atoms with van der Waals surface area (Å²) in [6, 6.07) is 8.45. The molecular weight excluding hydrogens is 348 g/mol. The number of amides is 2. The molecule has 0 aliphatic carbocycles. The Kier molecular flexibility index (Phi) is 6.08. The average molecular weight is 372 g/mol. The van der Waals surface area contributed by atoms with Crippen LogP contribution in [0.1, 0.15) is 37.2 Å². The molecule has 8 heteroatoms. The predicted octanol–water partition coefficient (Wildman–Crippen LogP) is 2.74. The molecule has 8 nitrogen and oxygen atoms in total. The molecule has 2 aromatic rings. The van der Waals surface area contributed by atoms with Gasteiger partial charge < -0.3 is 20.1 Å². The fraction of sp³-hybridized carbons (Fsp3) is 0.421. The first kappa shape index (κ1) is 18.9. The zero-order valence-electron chi connectivity index (χ0n) is 15.5. The van der Waals surface area contributed by atoms with Crippen LogP contribution in [0.4, 0.5) is 10.5 Å². The molecule has 0 saturated carbocycles. The van der Waals surface area contributed by atoms with Crippen LogP contribution in [0.5, 0.6) is 0 Å². The van der Waals surface area contributed by atoms with Crippen molar-refractivity contribution in [3.05, 3.63) is 42.2 Å². The van der Waals surface area contributed by atoms with E-state index in [9.17, 15) is 9.59 Å². The molecule has 3 rings (SSSR count). The van der Waals surface area contributed by atoms with Crippen molar-refractivity contribution < 1.29 is 19.1 Å². The SMILES string of the molecule is CCOC(=O)c1ccn(-c2ccc(NC(=O)N[C@H](C)[C@@H]3CCCO3)cc2)n1. The van der Waals surface area contributed by atoms with Crippen molar-refractivity contribution in [2.24, 2.45) is 0 Å². The zero-order valence-corrected chi connectivity index (χ0v) is 15.5. The summed E-state index contributed by atoms with van der Waals surface area (Å²) < 4.78 is 12.1. The second-order valence-corrected chi connectivity index (χ2v) is 6.35. The number of hydrogen-bond donors (Lipinski definition) is 2. The van der Waals surface area contributed by atoms with E-state index in [1.807, 2.05) is 6.92 Å². The van der Waals surface area contributed by atoms with E-state index in [1.165, 1.54) is 0 Å². The number of carbonyl (C=O) groups is 2. The number of nitrogens with one attached hydrogen (secondary N) is 2. The van der Waals surface area contributed by atoms with Crippen molar-refractivity contribution in [1.82, 2.24) is 15.1 Å². The quantitative estimate of drug-likeness (QED) is 0.761. The maximum Gasteiger partial charge on any atom is 0.358 e. The molecule has 2 N–H and O–H groups in total. The van der Waals surface area contributed by atoms with Crippen LogP contribution in [-0.2, 0) is 9.47 Å². The Morgan fingerprint density at radius 1 is 1.33 bits per heavy atom. The minimum atomic E-state index is -0.452. The van der Waals surface area contributed by atoms with E-state index in [0.29, 0.717) is 12.3 Å². The van der Waals surface area contributed by atoms with Crippen molar-refractivity contribution in [3.63, 3.8) is 0 Å². The van der Waals surface area contributed by atoms with E-state index in [0.717, 1.165) is 25.1 Å². The van der Waals surface area contributed by atoms with Gasteiger partial charge in [-0.3, -0.25) is 0 Å². The van der Waals surface area contributed by atoms with Crippen molar-refractivity contribution in [3.8, 4) is 5.69 Å². The van der Waals surface area contributed by atoms with Gasteiger partial charge in [-0.2, -0.15) is 5.10 Å². The highest BCUT2D eigenvalue weighted by Crippen LogP contribution is 2.16. The van der Waals surface area contributed by atoms with Gasteiger partial charge >= 0.3 is 12.0 Å². The summed E-state index contributed by atoms with van der Waals surface area (Å²) in [6.07, 6.45) is 3.76. The number of carbonyl (C=O) groups excluding carboxylic acids is 2. The molecule has 2 amide bonds. The monoisotopic (exact) mass is 372 g/mol. The zero-order chi connectivity index (χ0) is 19.2. The van der Waals surface area contributed by atoms with Crippen LogP contribution >= 0.6 is 0 Å². The van der Waals surface area contributed by atoms with Gasteiger partial charge in [0.1, 0.15) is 0 Å². The molecule has 1 aromatic carbocycles. The number of nitrogens with zero attached hydrogens (tertiary/aromatic N) is 2. The van der Waals surface area contributed by atoms with Crippen LogP contribution < -0.4 is 10.6 Å². The smallest absolute Gasteiger partial charge is 0.358 e. The third-order valence-electron chi connectivity index (χ3n) is 4.34. The lowest BCUT2D eigenvalue weighted by atomic mass is 10.1. The van der Waals surface area contributed by atoms with Gasteiger partial charge in [-0.05, 0) is 57.0 Å². The number of urea groups is 1. The summed E-state index contributed by atoms with van der Waals surface area (Å²) in [5.41, 5.74) is 1.68. The summed E-state index contributed by atoms with van der Waals surface area (Å²) >= 11 is 0. The number of aromatic nitrogens is 2. The van der Waals surface area contributed by atoms with E-state index < -0.39 is 5.97 Å². The molecule has 1 saturated heterocycles. The van der Waals surface area contributed by atoms with Crippen LogP contribution in [0, 0.1) is 0 Å². The second kappa shape index (κ2) is 8.68. The Labute approximate surface area is 157 Å². The molecule has 1 fully saturated rings.